The van der Waals surface area contributed by atoms with Gasteiger partial charge in [-0.25, -0.2) is 0 Å². The van der Waals surface area contributed by atoms with Crippen LogP contribution < -0.4 is 5.73 Å². The van der Waals surface area contributed by atoms with Gasteiger partial charge in [-0.15, -0.1) is 0 Å². The lowest BCUT2D eigenvalue weighted by molar-refractivity contribution is 0.386. The Hall–Kier alpha value is -1.81. The molecule has 0 radical (unpaired) electrons. The summed E-state index contributed by atoms with van der Waals surface area (Å²) in [6.45, 7) is 0.536. The highest BCUT2D eigenvalue weighted by Crippen LogP contribution is 2.22. The molecule has 3 N–H and O–H groups in total. The lowest BCUT2D eigenvalue weighted by atomic mass is 10.1. The molecule has 0 aliphatic heterocycles. The number of aromatic hydroxyl groups is 1. The molecule has 0 saturated carbocycles. The summed E-state index contributed by atoms with van der Waals surface area (Å²) in [4.78, 5) is 0. The number of phenols is 1. The first-order valence-corrected chi connectivity index (χ1v) is 4.74. The summed E-state index contributed by atoms with van der Waals surface area (Å²) in [5, 5.41) is 13.2. The van der Waals surface area contributed by atoms with E-state index in [0.717, 1.165) is 11.3 Å². The van der Waals surface area contributed by atoms with Gasteiger partial charge < -0.3 is 15.4 Å². The monoisotopic (exact) mass is 204 g/mol. The van der Waals surface area contributed by atoms with Crippen molar-refractivity contribution >= 4 is 0 Å². The van der Waals surface area contributed by atoms with Gasteiger partial charge >= 0.3 is 0 Å². The molecule has 78 valence electrons. The van der Waals surface area contributed by atoms with Gasteiger partial charge in [-0.2, -0.15) is 0 Å². The Bertz CT molecular complexity index is 451. The quantitative estimate of drug-likeness (QED) is 0.795. The summed E-state index contributed by atoms with van der Waals surface area (Å²) in [6.07, 6.45) is 0.672. The number of phenolic OH excluding ortho intramolecular Hbond substituents is 1. The zero-order valence-corrected chi connectivity index (χ0v) is 8.18. The van der Waals surface area contributed by atoms with Gasteiger partial charge in [0.15, 0.2) is 0 Å². The van der Waals surface area contributed by atoms with Crippen molar-refractivity contribution in [3.05, 3.63) is 36.1 Å². The Labute approximate surface area is 87.3 Å². The predicted octanol–water partition coefficient (Wildman–Crippen LogP) is 1.55. The van der Waals surface area contributed by atoms with E-state index in [9.17, 15) is 5.11 Å². The van der Waals surface area contributed by atoms with Crippen molar-refractivity contribution < 1.29 is 9.63 Å². The molecule has 0 saturated heterocycles. The first-order valence-electron chi connectivity index (χ1n) is 4.74. The fourth-order valence-corrected chi connectivity index (χ4v) is 1.37. The van der Waals surface area contributed by atoms with Crippen molar-refractivity contribution in [1.29, 1.82) is 0 Å². The molecule has 0 bridgehead atoms. The molecule has 1 aromatic carbocycles. The number of hydrogen-bond acceptors (Lipinski definition) is 4. The Balaban J connectivity index is 2.29. The number of rotatable bonds is 3. The predicted molar refractivity (Wildman–Crippen MR) is 56.4 cm³/mol. The van der Waals surface area contributed by atoms with Crippen LogP contribution in [0.15, 0.2) is 34.9 Å². The van der Waals surface area contributed by atoms with Crippen molar-refractivity contribution in [3.63, 3.8) is 0 Å². The number of hydrogen-bond donors (Lipinski definition) is 2. The third-order valence-electron chi connectivity index (χ3n) is 2.09. The van der Waals surface area contributed by atoms with Crippen molar-refractivity contribution in [2.45, 2.75) is 6.42 Å². The molecule has 2 rings (SSSR count). The average molecular weight is 204 g/mol. The van der Waals surface area contributed by atoms with Crippen molar-refractivity contribution in [1.82, 2.24) is 5.16 Å². The van der Waals surface area contributed by atoms with Crippen LogP contribution in [-0.2, 0) is 6.42 Å². The Morgan fingerprint density at radius 2 is 2.20 bits per heavy atom. The fraction of sp³-hybridized carbons (Fsp3) is 0.182. The van der Waals surface area contributed by atoms with Crippen molar-refractivity contribution in [2.24, 2.45) is 5.73 Å². The van der Waals surface area contributed by atoms with Gasteiger partial charge in [0.1, 0.15) is 17.2 Å². The summed E-state index contributed by atoms with van der Waals surface area (Å²) in [5.74, 6) is 0.978. The minimum atomic E-state index is 0.218. The zero-order valence-electron chi connectivity index (χ0n) is 8.18. The lowest BCUT2D eigenvalue weighted by Crippen LogP contribution is -2.01. The topological polar surface area (TPSA) is 72.3 Å². The molecule has 0 atom stereocenters. The van der Waals surface area contributed by atoms with E-state index in [4.69, 9.17) is 10.3 Å². The summed E-state index contributed by atoms with van der Waals surface area (Å²) in [6, 6.07) is 8.72. The molecule has 0 amide bonds. The normalized spacial score (nSPS) is 10.5. The molecule has 0 aliphatic carbocycles. The molecule has 0 fully saturated rings. The first-order chi connectivity index (χ1) is 7.29. The van der Waals surface area contributed by atoms with Crippen LogP contribution >= 0.6 is 0 Å². The SMILES string of the molecule is NCCc1cc(-c2cccc(O)c2)no1. The maximum absolute atomic E-state index is 9.31. The van der Waals surface area contributed by atoms with E-state index >= 15 is 0 Å². The highest BCUT2D eigenvalue weighted by atomic mass is 16.5. The summed E-state index contributed by atoms with van der Waals surface area (Å²) in [7, 11) is 0. The Kier molecular flexibility index (Phi) is 2.69. The second-order valence-corrected chi connectivity index (χ2v) is 3.27. The van der Waals surface area contributed by atoms with E-state index in [1.807, 2.05) is 12.1 Å². The van der Waals surface area contributed by atoms with Crippen LogP contribution in [0.5, 0.6) is 5.75 Å². The van der Waals surface area contributed by atoms with E-state index in [-0.39, 0.29) is 5.75 Å². The van der Waals surface area contributed by atoms with Gasteiger partial charge in [-0.05, 0) is 18.7 Å². The molecular formula is C11H12N2O2. The van der Waals surface area contributed by atoms with Crippen LogP contribution in [0.25, 0.3) is 11.3 Å². The molecule has 4 heteroatoms. The van der Waals surface area contributed by atoms with Gasteiger partial charge in [-0.3, -0.25) is 0 Å². The van der Waals surface area contributed by atoms with Crippen molar-refractivity contribution in [3.8, 4) is 17.0 Å². The summed E-state index contributed by atoms with van der Waals surface area (Å²) in [5.41, 5.74) is 6.96. The highest BCUT2D eigenvalue weighted by Gasteiger charge is 2.05. The molecule has 4 nitrogen and oxygen atoms in total. The molecule has 0 aliphatic rings. The number of benzene rings is 1. The fourth-order valence-electron chi connectivity index (χ4n) is 1.37. The lowest BCUT2D eigenvalue weighted by Gasteiger charge is -1.95. The van der Waals surface area contributed by atoms with Gasteiger partial charge in [-0.1, -0.05) is 17.3 Å². The maximum atomic E-state index is 9.31. The smallest absolute Gasteiger partial charge is 0.138 e. The van der Waals surface area contributed by atoms with E-state index < -0.39 is 0 Å². The standard InChI is InChI=1S/C11H12N2O2/c12-5-4-10-7-11(13-15-10)8-2-1-3-9(14)6-8/h1-3,6-7,14H,4-5,12H2. The number of aromatic nitrogens is 1. The largest absolute Gasteiger partial charge is 0.508 e. The third-order valence-corrected chi connectivity index (χ3v) is 2.09. The molecule has 1 heterocycles. The molecular weight excluding hydrogens is 192 g/mol. The second-order valence-electron chi connectivity index (χ2n) is 3.27. The molecule has 15 heavy (non-hydrogen) atoms. The number of nitrogens with zero attached hydrogens (tertiary/aromatic N) is 1. The summed E-state index contributed by atoms with van der Waals surface area (Å²) >= 11 is 0. The average Bonchev–Trinajstić information content (AvgIpc) is 2.67. The number of nitrogens with two attached hydrogens (primary N) is 1. The highest BCUT2D eigenvalue weighted by molar-refractivity contribution is 5.60. The van der Waals surface area contributed by atoms with Crippen LogP contribution in [-0.4, -0.2) is 16.8 Å². The zero-order chi connectivity index (χ0) is 10.7. The molecule has 1 aromatic heterocycles. The van der Waals surface area contributed by atoms with Gasteiger partial charge in [0.05, 0.1) is 0 Å². The van der Waals surface area contributed by atoms with E-state index in [0.29, 0.717) is 18.7 Å². The summed E-state index contributed by atoms with van der Waals surface area (Å²) < 4.78 is 5.09. The molecule has 0 spiro atoms. The minimum absolute atomic E-state index is 0.218. The first kappa shape index (κ1) is 9.73. The van der Waals surface area contributed by atoms with Crippen LogP contribution in [0.2, 0.25) is 0 Å². The minimum Gasteiger partial charge on any atom is -0.508 e. The van der Waals surface area contributed by atoms with Crippen LogP contribution in [0.3, 0.4) is 0 Å². The van der Waals surface area contributed by atoms with Crippen molar-refractivity contribution in [2.75, 3.05) is 6.54 Å². The van der Waals surface area contributed by atoms with Crippen LogP contribution in [0, 0.1) is 0 Å². The molecule has 0 unspecified atom stereocenters. The van der Waals surface area contributed by atoms with Crippen LogP contribution in [0.4, 0.5) is 0 Å². The van der Waals surface area contributed by atoms with E-state index in [1.54, 1.807) is 18.2 Å². The third kappa shape index (κ3) is 2.16. The van der Waals surface area contributed by atoms with Gasteiger partial charge in [0.2, 0.25) is 0 Å². The van der Waals surface area contributed by atoms with E-state index in [2.05, 4.69) is 5.16 Å². The van der Waals surface area contributed by atoms with Gasteiger partial charge in [0, 0.05) is 18.1 Å². The van der Waals surface area contributed by atoms with E-state index in [1.165, 1.54) is 0 Å². The van der Waals surface area contributed by atoms with Crippen LogP contribution in [0.1, 0.15) is 5.76 Å². The molecule has 2 aromatic rings. The Morgan fingerprint density at radius 1 is 1.33 bits per heavy atom. The van der Waals surface area contributed by atoms with Gasteiger partial charge in [0.25, 0.3) is 0 Å². The second kappa shape index (κ2) is 4.14. The maximum Gasteiger partial charge on any atom is 0.138 e. The Morgan fingerprint density at radius 3 is 2.93 bits per heavy atom.